The van der Waals surface area contributed by atoms with Gasteiger partial charge in [0.15, 0.2) is 25.2 Å². The second-order valence-electron chi connectivity index (χ2n) is 25.7. The molecule has 5 aliphatic carbocycles. The molecular formula is C53H86O22. The van der Waals surface area contributed by atoms with Crippen LogP contribution in [0.5, 0.6) is 0 Å². The number of carboxylic acid groups (broad SMARTS) is 1. The zero-order valence-corrected chi connectivity index (χ0v) is 44.2. The van der Waals surface area contributed by atoms with Crippen LogP contribution in [-0.4, -0.2) is 222 Å². The minimum absolute atomic E-state index is 0.0314. The first-order chi connectivity index (χ1) is 35.2. The largest absolute Gasteiger partial charge is 0.481 e. The van der Waals surface area contributed by atoms with Crippen LogP contribution in [0.2, 0.25) is 0 Å². The first-order valence-corrected chi connectivity index (χ1v) is 27.3. The molecule has 9 aliphatic rings. The van der Waals surface area contributed by atoms with E-state index < -0.39 is 153 Å². The summed E-state index contributed by atoms with van der Waals surface area (Å²) in [5.74, 6) is -0.525. The molecule has 0 amide bonds. The number of aliphatic carboxylic acids is 1. The molecular weight excluding hydrogens is 989 g/mol. The van der Waals surface area contributed by atoms with Crippen molar-refractivity contribution in [3.63, 3.8) is 0 Å². The molecule has 22 heteroatoms. The molecule has 9 rings (SSSR count). The lowest BCUT2D eigenvalue weighted by molar-refractivity contribution is -0.391. The number of aliphatic hydroxyl groups is 12. The first kappa shape index (κ1) is 58.1. The average molecular weight is 1080 g/mol. The molecule has 430 valence electrons. The molecule has 13 N–H and O–H groups in total. The van der Waals surface area contributed by atoms with Gasteiger partial charge in [-0.1, -0.05) is 53.2 Å². The van der Waals surface area contributed by atoms with E-state index in [-0.39, 0.29) is 52.6 Å². The number of allylic oxidation sites excluding steroid dienone is 2. The summed E-state index contributed by atoms with van der Waals surface area (Å²) in [6, 6.07) is 0. The molecule has 22 nitrogen and oxygen atoms in total. The summed E-state index contributed by atoms with van der Waals surface area (Å²) in [6.07, 6.45) is -22.8. The van der Waals surface area contributed by atoms with Gasteiger partial charge in [0, 0.05) is 5.41 Å². The van der Waals surface area contributed by atoms with Crippen molar-refractivity contribution in [1.82, 2.24) is 0 Å². The minimum Gasteiger partial charge on any atom is -0.481 e. The lowest BCUT2D eigenvalue weighted by Gasteiger charge is -2.71. The monoisotopic (exact) mass is 1070 g/mol. The van der Waals surface area contributed by atoms with E-state index >= 15 is 0 Å². The number of hydrogen-bond acceptors (Lipinski definition) is 21. The Hall–Kier alpha value is -1.59. The maximum atomic E-state index is 13.2. The Morgan fingerprint density at radius 1 is 0.613 bits per heavy atom. The van der Waals surface area contributed by atoms with E-state index in [9.17, 15) is 71.2 Å². The Balaban J connectivity index is 0.915. The third kappa shape index (κ3) is 9.40. The minimum atomic E-state index is -2.00. The highest BCUT2D eigenvalue weighted by Crippen LogP contribution is 2.76. The lowest BCUT2D eigenvalue weighted by atomic mass is 9.33. The zero-order chi connectivity index (χ0) is 54.7. The van der Waals surface area contributed by atoms with Gasteiger partial charge >= 0.3 is 5.97 Å². The van der Waals surface area contributed by atoms with Gasteiger partial charge in [-0.05, 0) is 111 Å². The first-order valence-electron chi connectivity index (χ1n) is 27.3. The molecule has 8 fully saturated rings. The maximum Gasteiger partial charge on any atom is 0.310 e. The molecule has 4 saturated heterocycles. The van der Waals surface area contributed by atoms with E-state index in [1.807, 2.05) is 6.92 Å². The zero-order valence-electron chi connectivity index (χ0n) is 44.2. The van der Waals surface area contributed by atoms with Crippen LogP contribution >= 0.6 is 0 Å². The maximum absolute atomic E-state index is 13.2. The van der Waals surface area contributed by atoms with E-state index in [1.165, 1.54) is 12.5 Å². The summed E-state index contributed by atoms with van der Waals surface area (Å²) >= 11 is 0. The summed E-state index contributed by atoms with van der Waals surface area (Å²) in [7, 11) is 0. The van der Waals surface area contributed by atoms with Crippen molar-refractivity contribution >= 4 is 5.97 Å². The molecule has 4 heterocycles. The Morgan fingerprint density at radius 2 is 1.20 bits per heavy atom. The van der Waals surface area contributed by atoms with E-state index in [4.69, 9.17) is 37.9 Å². The van der Waals surface area contributed by atoms with E-state index in [2.05, 4.69) is 40.7 Å². The summed E-state index contributed by atoms with van der Waals surface area (Å²) in [5.41, 5.74) is -0.860. The topological polar surface area (TPSA) is 354 Å². The summed E-state index contributed by atoms with van der Waals surface area (Å²) in [5, 5.41) is 142. The number of hydrogen-bond donors (Lipinski definition) is 13. The fourth-order valence-corrected chi connectivity index (χ4v) is 16.3. The van der Waals surface area contributed by atoms with Gasteiger partial charge in [0.25, 0.3) is 0 Å². The van der Waals surface area contributed by atoms with Crippen LogP contribution in [0.15, 0.2) is 11.6 Å². The van der Waals surface area contributed by atoms with Gasteiger partial charge in [-0.2, -0.15) is 0 Å². The van der Waals surface area contributed by atoms with Crippen molar-refractivity contribution in [1.29, 1.82) is 0 Å². The highest BCUT2D eigenvalue weighted by molar-refractivity contribution is 5.76. The third-order valence-corrected chi connectivity index (χ3v) is 21.2. The van der Waals surface area contributed by atoms with Gasteiger partial charge in [-0.3, -0.25) is 4.79 Å². The van der Waals surface area contributed by atoms with E-state index in [0.717, 1.165) is 44.9 Å². The normalized spacial score (nSPS) is 54.9. The molecule has 4 saturated carbocycles. The van der Waals surface area contributed by atoms with Crippen LogP contribution in [0.4, 0.5) is 0 Å². The second-order valence-corrected chi connectivity index (χ2v) is 25.7. The number of carboxylic acids is 1. The van der Waals surface area contributed by atoms with Crippen molar-refractivity contribution < 1.29 is 109 Å². The van der Waals surface area contributed by atoms with Gasteiger partial charge in [-0.25, -0.2) is 0 Å². The molecule has 0 aromatic rings. The Morgan fingerprint density at radius 3 is 1.83 bits per heavy atom. The molecule has 0 aromatic heterocycles. The van der Waals surface area contributed by atoms with Crippen molar-refractivity contribution in [3.8, 4) is 0 Å². The van der Waals surface area contributed by atoms with Gasteiger partial charge in [0.05, 0.1) is 44.1 Å². The summed E-state index contributed by atoms with van der Waals surface area (Å²) < 4.78 is 47.9. The molecule has 0 aromatic carbocycles. The highest BCUT2D eigenvalue weighted by atomic mass is 16.8. The molecule has 28 atom stereocenters. The van der Waals surface area contributed by atoms with Crippen molar-refractivity contribution in [2.75, 3.05) is 26.4 Å². The van der Waals surface area contributed by atoms with Gasteiger partial charge in [0.1, 0.15) is 85.5 Å². The quantitative estimate of drug-likeness (QED) is 0.0838. The fourth-order valence-electron chi connectivity index (χ4n) is 16.3. The highest BCUT2D eigenvalue weighted by Gasteiger charge is 2.70. The molecule has 0 radical (unpaired) electrons. The smallest absolute Gasteiger partial charge is 0.310 e. The molecule has 75 heavy (non-hydrogen) atoms. The number of aliphatic hydroxyl groups excluding tert-OH is 12. The standard InChI is InChI=1S/C53H86O22/c1-23-32(58)40(73-45-39(65)41(35(61)28(20-55)71-45)74-43-37(63)36(62)34(60)27(19-54)70-43)38(64)44(69-23)75-42-33(59)26(57)21-68-46(42)72-31-11-12-49(4)29(50(31,5)22-56)10-13-52(7)30(49)9-8-24-25-18-48(2,3)14-16-53(25,47(66)67)17-15-51(24,52)6/h8,23,25-46,54-65H,9-22H2,1-7H3,(H,66,67)/t23-,25-,26-,27+,28+,29+,30+,31-,32-,33-,34+,35+,36-,37+,38+,39+,40+,41-,42+,43-,44-,45-,46-,49-,50-,51+,52+,53-/m0/s1. The second kappa shape index (κ2) is 21.1. The molecule has 4 aliphatic heterocycles. The van der Waals surface area contributed by atoms with Crippen molar-refractivity contribution in [2.24, 2.45) is 50.2 Å². The van der Waals surface area contributed by atoms with Crippen LogP contribution in [-0.2, 0) is 42.7 Å². The van der Waals surface area contributed by atoms with Crippen LogP contribution in [0.1, 0.15) is 113 Å². The van der Waals surface area contributed by atoms with Gasteiger partial charge in [0.2, 0.25) is 0 Å². The van der Waals surface area contributed by atoms with Gasteiger partial charge in [-0.15, -0.1) is 0 Å². The van der Waals surface area contributed by atoms with Crippen LogP contribution in [0.25, 0.3) is 0 Å². The molecule has 0 spiro atoms. The lowest BCUT2D eigenvalue weighted by Crippen LogP contribution is -2.67. The summed E-state index contributed by atoms with van der Waals surface area (Å²) in [6.45, 7) is 12.9. The number of carbonyl (C=O) groups is 1. The molecule has 0 unspecified atom stereocenters. The molecule has 0 bridgehead atoms. The Kier molecular flexibility index (Phi) is 16.3. The Bertz CT molecular complexity index is 2060. The van der Waals surface area contributed by atoms with Crippen LogP contribution in [0.3, 0.4) is 0 Å². The van der Waals surface area contributed by atoms with Gasteiger partial charge < -0.3 is 104 Å². The number of ether oxygens (including phenoxy) is 8. The van der Waals surface area contributed by atoms with Crippen LogP contribution < -0.4 is 0 Å². The van der Waals surface area contributed by atoms with E-state index in [1.54, 1.807) is 0 Å². The fraction of sp³-hybridized carbons (Fsp3) is 0.943. The van der Waals surface area contributed by atoms with E-state index in [0.29, 0.717) is 19.3 Å². The SMILES string of the molecule is C[C@@H]1O[C@@H](O[C@H]2[C@H](O[C@H]3CC[C@@]4(C)[C@@H](CC[C@]5(C)[C@@H]4CC=C4[C@@H]6CC(C)(C)CC[C@]6(C(=O)O)CC[C@]45C)[C@]3(C)CO)OC[C@H](O)[C@@H]2O)[C@H](O)[C@H](O[C@@H]2O[C@H](CO)[C@@H](O)[C@H](O[C@@H]3O[C@H](CO)[C@@H](O)[C@H](O)[C@H]3O)[C@H]2O)[C@H]1O. The van der Waals surface area contributed by atoms with Crippen molar-refractivity contribution in [2.45, 2.75) is 235 Å². The van der Waals surface area contributed by atoms with Crippen LogP contribution in [0, 0.1) is 50.2 Å². The number of rotatable bonds is 12. The summed E-state index contributed by atoms with van der Waals surface area (Å²) in [4.78, 5) is 13.2. The Labute approximate surface area is 437 Å². The average Bonchev–Trinajstić information content (AvgIpc) is 3.36. The van der Waals surface area contributed by atoms with Crippen molar-refractivity contribution in [3.05, 3.63) is 11.6 Å². The predicted octanol–water partition coefficient (Wildman–Crippen LogP) is -0.830. The number of fused-ring (bicyclic) bond motifs is 7. The third-order valence-electron chi connectivity index (χ3n) is 21.2. The predicted molar refractivity (Wildman–Crippen MR) is 257 cm³/mol.